The van der Waals surface area contributed by atoms with E-state index in [9.17, 15) is 13.2 Å². The van der Waals surface area contributed by atoms with Crippen molar-refractivity contribution < 1.29 is 17.9 Å². The molecule has 0 aliphatic rings. The Balaban J connectivity index is 2.78. The van der Waals surface area contributed by atoms with Crippen molar-refractivity contribution >= 4 is 0 Å². The van der Waals surface area contributed by atoms with E-state index in [0.717, 1.165) is 24.1 Å². The van der Waals surface area contributed by atoms with Gasteiger partial charge in [-0.15, -0.1) is 0 Å². The Morgan fingerprint density at radius 2 is 1.70 bits per heavy atom. The smallest absolute Gasteiger partial charge is 0.374 e. The molecule has 0 heterocycles. The van der Waals surface area contributed by atoms with E-state index >= 15 is 0 Å². The molecule has 0 saturated heterocycles. The third-order valence-corrected chi connectivity index (χ3v) is 3.70. The normalized spacial score (nSPS) is 16.8. The van der Waals surface area contributed by atoms with Crippen molar-refractivity contribution in [1.29, 1.82) is 0 Å². The molecule has 0 bridgehead atoms. The number of nitrogens with two attached hydrogens (primary N) is 1. The average molecular weight is 289 g/mol. The van der Waals surface area contributed by atoms with E-state index in [1.165, 1.54) is 12.1 Å². The summed E-state index contributed by atoms with van der Waals surface area (Å²) in [4.78, 5) is 0. The fourth-order valence-corrected chi connectivity index (χ4v) is 2.10. The summed E-state index contributed by atoms with van der Waals surface area (Å²) in [6.07, 6.45) is -3.06. The zero-order valence-corrected chi connectivity index (χ0v) is 12.1. The van der Waals surface area contributed by atoms with Gasteiger partial charge < -0.3 is 10.5 Å². The van der Waals surface area contributed by atoms with Gasteiger partial charge in [0.1, 0.15) is 0 Å². The molecule has 2 nitrogen and oxygen atoms in total. The molecule has 0 saturated carbocycles. The summed E-state index contributed by atoms with van der Waals surface area (Å²) in [5.41, 5.74) is 5.84. The monoisotopic (exact) mass is 289 g/mol. The standard InChI is InChI=1S/C15H22F3NO/c1-4-14(3,20-5-2)13(19)10-11-6-8-12(9-7-11)15(16,17)18/h6-9,13H,4-5,10,19H2,1-3H3. The SMILES string of the molecule is CCOC(C)(CC)C(N)Cc1ccc(C(F)(F)F)cc1. The van der Waals surface area contributed by atoms with Crippen LogP contribution < -0.4 is 5.73 Å². The van der Waals surface area contributed by atoms with E-state index < -0.39 is 17.3 Å². The van der Waals surface area contributed by atoms with Gasteiger partial charge in [0, 0.05) is 12.6 Å². The fraction of sp³-hybridized carbons (Fsp3) is 0.600. The summed E-state index contributed by atoms with van der Waals surface area (Å²) in [5, 5.41) is 0. The van der Waals surface area contributed by atoms with Crippen LogP contribution in [0.4, 0.5) is 13.2 Å². The molecule has 2 N–H and O–H groups in total. The Morgan fingerprint density at radius 3 is 2.10 bits per heavy atom. The Bertz CT molecular complexity index is 416. The van der Waals surface area contributed by atoms with E-state index in [0.29, 0.717) is 13.0 Å². The lowest BCUT2D eigenvalue weighted by molar-refractivity contribution is -0.137. The first-order chi connectivity index (χ1) is 9.23. The van der Waals surface area contributed by atoms with Crippen LogP contribution in [-0.2, 0) is 17.3 Å². The predicted octanol–water partition coefficient (Wildman–Crippen LogP) is 3.78. The third-order valence-electron chi connectivity index (χ3n) is 3.70. The second kappa shape index (κ2) is 6.59. The lowest BCUT2D eigenvalue weighted by Crippen LogP contribution is -2.48. The van der Waals surface area contributed by atoms with Gasteiger partial charge >= 0.3 is 6.18 Å². The first-order valence-electron chi connectivity index (χ1n) is 6.78. The van der Waals surface area contributed by atoms with Gasteiger partial charge in [0.05, 0.1) is 11.2 Å². The highest BCUT2D eigenvalue weighted by atomic mass is 19.4. The molecule has 0 aliphatic carbocycles. The lowest BCUT2D eigenvalue weighted by Gasteiger charge is -2.34. The Morgan fingerprint density at radius 1 is 1.15 bits per heavy atom. The van der Waals surface area contributed by atoms with Crippen LogP contribution in [0.25, 0.3) is 0 Å². The van der Waals surface area contributed by atoms with Crippen LogP contribution in [0.1, 0.15) is 38.3 Å². The predicted molar refractivity (Wildman–Crippen MR) is 73.4 cm³/mol. The summed E-state index contributed by atoms with van der Waals surface area (Å²) >= 11 is 0. The van der Waals surface area contributed by atoms with Gasteiger partial charge in [0.15, 0.2) is 0 Å². The van der Waals surface area contributed by atoms with Gasteiger partial charge in [0.2, 0.25) is 0 Å². The topological polar surface area (TPSA) is 35.2 Å². The highest BCUT2D eigenvalue weighted by Gasteiger charge is 2.32. The van der Waals surface area contributed by atoms with Gasteiger partial charge in [-0.25, -0.2) is 0 Å². The van der Waals surface area contributed by atoms with E-state index in [1.54, 1.807) is 0 Å². The number of ether oxygens (including phenoxy) is 1. The minimum atomic E-state index is -4.30. The fourth-order valence-electron chi connectivity index (χ4n) is 2.10. The summed E-state index contributed by atoms with van der Waals surface area (Å²) in [7, 11) is 0. The van der Waals surface area contributed by atoms with Crippen LogP contribution in [0.15, 0.2) is 24.3 Å². The van der Waals surface area contributed by atoms with Gasteiger partial charge in [-0.1, -0.05) is 19.1 Å². The number of rotatable bonds is 6. The summed E-state index contributed by atoms with van der Waals surface area (Å²) in [6.45, 7) is 6.39. The van der Waals surface area contributed by atoms with Gasteiger partial charge in [0.25, 0.3) is 0 Å². The number of hydrogen-bond acceptors (Lipinski definition) is 2. The van der Waals surface area contributed by atoms with Crippen molar-refractivity contribution in [1.82, 2.24) is 0 Å². The molecule has 2 atom stereocenters. The first-order valence-corrected chi connectivity index (χ1v) is 6.78. The Hall–Kier alpha value is -1.07. The van der Waals surface area contributed by atoms with Gasteiger partial charge in [-0.05, 0) is 44.4 Å². The molecule has 1 aromatic rings. The minimum absolute atomic E-state index is 0.260. The molecule has 0 aromatic heterocycles. The molecule has 1 rings (SSSR count). The third kappa shape index (κ3) is 4.21. The quantitative estimate of drug-likeness (QED) is 0.865. The Labute approximate surface area is 118 Å². The first kappa shape index (κ1) is 17.0. The van der Waals surface area contributed by atoms with E-state index in [4.69, 9.17) is 10.5 Å². The van der Waals surface area contributed by atoms with Crippen molar-refractivity contribution in [3.05, 3.63) is 35.4 Å². The minimum Gasteiger partial charge on any atom is -0.374 e. The van der Waals surface area contributed by atoms with Crippen molar-refractivity contribution in [2.75, 3.05) is 6.61 Å². The van der Waals surface area contributed by atoms with Crippen molar-refractivity contribution in [2.24, 2.45) is 5.73 Å². The maximum absolute atomic E-state index is 12.5. The second-order valence-electron chi connectivity index (χ2n) is 5.10. The van der Waals surface area contributed by atoms with Crippen LogP contribution in [0.2, 0.25) is 0 Å². The zero-order valence-electron chi connectivity index (χ0n) is 12.1. The van der Waals surface area contributed by atoms with Crippen molar-refractivity contribution in [2.45, 2.75) is 51.4 Å². The highest BCUT2D eigenvalue weighted by Crippen LogP contribution is 2.29. The molecule has 1 aromatic carbocycles. The van der Waals surface area contributed by atoms with E-state index in [-0.39, 0.29) is 6.04 Å². The molecule has 114 valence electrons. The molecule has 0 aliphatic heterocycles. The van der Waals surface area contributed by atoms with Crippen LogP contribution >= 0.6 is 0 Å². The van der Waals surface area contributed by atoms with E-state index in [2.05, 4.69) is 0 Å². The molecule has 20 heavy (non-hydrogen) atoms. The molecule has 0 radical (unpaired) electrons. The second-order valence-corrected chi connectivity index (χ2v) is 5.10. The van der Waals surface area contributed by atoms with Crippen molar-refractivity contribution in [3.8, 4) is 0 Å². The molecular formula is C15H22F3NO. The molecule has 0 amide bonds. The highest BCUT2D eigenvalue weighted by molar-refractivity contribution is 5.25. The average Bonchev–Trinajstić information content (AvgIpc) is 2.38. The largest absolute Gasteiger partial charge is 0.416 e. The molecule has 0 fully saturated rings. The molecule has 5 heteroatoms. The molecule has 0 spiro atoms. The summed E-state index contributed by atoms with van der Waals surface area (Å²) in [6, 6.07) is 4.87. The van der Waals surface area contributed by atoms with E-state index in [1.807, 2.05) is 20.8 Å². The van der Waals surface area contributed by atoms with Crippen LogP contribution in [0, 0.1) is 0 Å². The molecule has 2 unspecified atom stereocenters. The number of halogens is 3. The molecular weight excluding hydrogens is 267 g/mol. The Kier molecular flexibility index (Phi) is 5.59. The zero-order chi connectivity index (χ0) is 15.4. The number of alkyl halides is 3. The van der Waals surface area contributed by atoms with Crippen LogP contribution in [0.5, 0.6) is 0 Å². The van der Waals surface area contributed by atoms with Gasteiger partial charge in [-0.2, -0.15) is 13.2 Å². The maximum atomic E-state index is 12.5. The summed E-state index contributed by atoms with van der Waals surface area (Å²) in [5.74, 6) is 0. The van der Waals surface area contributed by atoms with Crippen LogP contribution in [0.3, 0.4) is 0 Å². The lowest BCUT2D eigenvalue weighted by atomic mass is 9.89. The maximum Gasteiger partial charge on any atom is 0.416 e. The number of benzene rings is 1. The van der Waals surface area contributed by atoms with Crippen LogP contribution in [-0.4, -0.2) is 18.2 Å². The van der Waals surface area contributed by atoms with Gasteiger partial charge in [-0.3, -0.25) is 0 Å². The summed E-state index contributed by atoms with van der Waals surface area (Å²) < 4.78 is 43.1. The number of hydrogen-bond donors (Lipinski definition) is 1. The van der Waals surface area contributed by atoms with Crippen molar-refractivity contribution in [3.63, 3.8) is 0 Å².